The number of benzene rings is 2. The van der Waals surface area contributed by atoms with E-state index in [1.54, 1.807) is 24.3 Å². The SMILES string of the molecule is NCCOc1cccc(F)c1-c1c(Cl)ccc2c1CC(CN)O2. The van der Waals surface area contributed by atoms with E-state index in [0.29, 0.717) is 53.8 Å². The molecule has 4 N–H and O–H groups in total. The molecule has 0 bridgehead atoms. The molecule has 0 aromatic heterocycles. The number of hydrogen-bond donors (Lipinski definition) is 2. The van der Waals surface area contributed by atoms with Crippen molar-refractivity contribution in [2.75, 3.05) is 19.7 Å². The number of rotatable bonds is 5. The van der Waals surface area contributed by atoms with Gasteiger partial charge in [-0.3, -0.25) is 0 Å². The smallest absolute Gasteiger partial charge is 0.134 e. The summed E-state index contributed by atoms with van der Waals surface area (Å²) in [5.41, 5.74) is 13.0. The maximum absolute atomic E-state index is 14.6. The van der Waals surface area contributed by atoms with Crippen LogP contribution in [0.3, 0.4) is 0 Å². The predicted octanol–water partition coefficient (Wildman–Crippen LogP) is 2.75. The molecule has 0 radical (unpaired) electrons. The standard InChI is InChI=1S/C17H18ClFN2O2/c18-12-4-5-14-11(8-10(9-21)23-14)16(12)17-13(19)2-1-3-15(17)22-7-6-20/h1-5,10H,6-9,20-21H2. The number of hydrogen-bond acceptors (Lipinski definition) is 4. The van der Waals surface area contributed by atoms with Crippen molar-refractivity contribution in [3.63, 3.8) is 0 Å². The van der Waals surface area contributed by atoms with Gasteiger partial charge >= 0.3 is 0 Å². The Bertz CT molecular complexity index is 724. The first kappa shape index (κ1) is 16.1. The molecular weight excluding hydrogens is 319 g/mol. The first-order valence-electron chi connectivity index (χ1n) is 7.45. The zero-order valence-corrected chi connectivity index (χ0v) is 13.3. The molecule has 2 aromatic carbocycles. The quantitative estimate of drug-likeness (QED) is 0.880. The molecule has 3 rings (SSSR count). The Balaban J connectivity index is 2.15. The normalized spacial score (nSPS) is 16.1. The Hall–Kier alpha value is -1.82. The lowest BCUT2D eigenvalue weighted by Crippen LogP contribution is -2.24. The summed E-state index contributed by atoms with van der Waals surface area (Å²) < 4.78 is 25.9. The highest BCUT2D eigenvalue weighted by molar-refractivity contribution is 6.33. The lowest BCUT2D eigenvalue weighted by Gasteiger charge is -2.15. The summed E-state index contributed by atoms with van der Waals surface area (Å²) in [6.07, 6.45) is 0.467. The fourth-order valence-electron chi connectivity index (χ4n) is 2.80. The molecule has 0 saturated carbocycles. The van der Waals surface area contributed by atoms with Crippen molar-refractivity contribution in [1.29, 1.82) is 0 Å². The molecule has 6 heteroatoms. The fourth-order valence-corrected chi connectivity index (χ4v) is 3.07. The van der Waals surface area contributed by atoms with Gasteiger partial charge in [0.2, 0.25) is 0 Å². The summed E-state index contributed by atoms with van der Waals surface area (Å²) in [5.74, 6) is 0.709. The number of halogens is 2. The minimum absolute atomic E-state index is 0.123. The second kappa shape index (κ2) is 6.74. The molecule has 2 aromatic rings. The third-order valence-electron chi connectivity index (χ3n) is 3.81. The molecule has 1 unspecified atom stereocenters. The molecule has 122 valence electrons. The molecule has 1 aliphatic heterocycles. The van der Waals surface area contributed by atoms with Gasteiger partial charge in [0.1, 0.15) is 30.0 Å². The monoisotopic (exact) mass is 336 g/mol. The van der Waals surface area contributed by atoms with Crippen molar-refractivity contribution in [3.05, 3.63) is 46.7 Å². The minimum atomic E-state index is -0.397. The molecule has 23 heavy (non-hydrogen) atoms. The third kappa shape index (κ3) is 3.00. The van der Waals surface area contributed by atoms with Crippen LogP contribution in [0, 0.1) is 5.82 Å². The molecule has 1 atom stereocenters. The second-order valence-corrected chi connectivity index (χ2v) is 5.74. The number of fused-ring (bicyclic) bond motifs is 1. The molecule has 4 nitrogen and oxygen atoms in total. The Morgan fingerprint density at radius 2 is 2.04 bits per heavy atom. The van der Waals surface area contributed by atoms with Crippen LogP contribution in [0.5, 0.6) is 11.5 Å². The van der Waals surface area contributed by atoms with E-state index in [9.17, 15) is 4.39 Å². The van der Waals surface area contributed by atoms with Crippen molar-refractivity contribution < 1.29 is 13.9 Å². The van der Waals surface area contributed by atoms with Crippen LogP contribution < -0.4 is 20.9 Å². The molecule has 0 aliphatic carbocycles. The van der Waals surface area contributed by atoms with Crippen LogP contribution in [0.4, 0.5) is 4.39 Å². The van der Waals surface area contributed by atoms with E-state index in [1.807, 2.05) is 0 Å². The summed E-state index contributed by atoms with van der Waals surface area (Å²) >= 11 is 6.38. The van der Waals surface area contributed by atoms with Crippen LogP contribution in [0.2, 0.25) is 5.02 Å². The molecule has 1 aliphatic rings. The van der Waals surface area contributed by atoms with Crippen LogP contribution in [0.1, 0.15) is 5.56 Å². The van der Waals surface area contributed by atoms with Crippen LogP contribution in [-0.4, -0.2) is 25.8 Å². The van der Waals surface area contributed by atoms with Crippen LogP contribution in [0.25, 0.3) is 11.1 Å². The minimum Gasteiger partial charge on any atom is -0.492 e. The van der Waals surface area contributed by atoms with E-state index in [4.69, 9.17) is 32.5 Å². The summed E-state index contributed by atoms with van der Waals surface area (Å²) in [7, 11) is 0. The molecule has 0 saturated heterocycles. The highest BCUT2D eigenvalue weighted by atomic mass is 35.5. The van der Waals surface area contributed by atoms with Crippen molar-refractivity contribution in [2.45, 2.75) is 12.5 Å². The van der Waals surface area contributed by atoms with E-state index in [-0.39, 0.29) is 6.10 Å². The van der Waals surface area contributed by atoms with Gasteiger partial charge in [0, 0.05) is 35.7 Å². The summed E-state index contributed by atoms with van der Waals surface area (Å²) in [4.78, 5) is 0. The van der Waals surface area contributed by atoms with Gasteiger partial charge < -0.3 is 20.9 Å². The van der Waals surface area contributed by atoms with Gasteiger partial charge in [-0.15, -0.1) is 0 Å². The Morgan fingerprint density at radius 3 is 2.78 bits per heavy atom. The largest absolute Gasteiger partial charge is 0.492 e. The highest BCUT2D eigenvalue weighted by Crippen LogP contribution is 2.45. The molecular formula is C17H18ClFN2O2. The number of nitrogens with two attached hydrogens (primary N) is 2. The van der Waals surface area contributed by atoms with Gasteiger partial charge in [-0.2, -0.15) is 0 Å². The van der Waals surface area contributed by atoms with Gasteiger partial charge in [0.15, 0.2) is 0 Å². The van der Waals surface area contributed by atoms with E-state index in [2.05, 4.69) is 0 Å². The van der Waals surface area contributed by atoms with Gasteiger partial charge in [-0.05, 0) is 24.3 Å². The highest BCUT2D eigenvalue weighted by Gasteiger charge is 2.28. The lowest BCUT2D eigenvalue weighted by atomic mass is 9.95. The van der Waals surface area contributed by atoms with Gasteiger partial charge in [0.25, 0.3) is 0 Å². The average molecular weight is 337 g/mol. The van der Waals surface area contributed by atoms with Crippen molar-refractivity contribution in [3.8, 4) is 22.6 Å². The van der Waals surface area contributed by atoms with Crippen molar-refractivity contribution in [2.24, 2.45) is 11.5 Å². The van der Waals surface area contributed by atoms with Crippen LogP contribution in [0.15, 0.2) is 30.3 Å². The van der Waals surface area contributed by atoms with E-state index in [0.717, 1.165) is 5.56 Å². The van der Waals surface area contributed by atoms with Crippen LogP contribution >= 0.6 is 11.6 Å². The third-order valence-corrected chi connectivity index (χ3v) is 4.12. The maximum Gasteiger partial charge on any atom is 0.134 e. The van der Waals surface area contributed by atoms with E-state index >= 15 is 0 Å². The molecule has 0 amide bonds. The predicted molar refractivity (Wildman–Crippen MR) is 88.6 cm³/mol. The summed E-state index contributed by atoms with van der Waals surface area (Å²) in [6, 6.07) is 8.18. The number of ether oxygens (including phenoxy) is 2. The zero-order chi connectivity index (χ0) is 16.4. The fraction of sp³-hybridized carbons (Fsp3) is 0.294. The van der Waals surface area contributed by atoms with E-state index in [1.165, 1.54) is 6.07 Å². The van der Waals surface area contributed by atoms with Gasteiger partial charge in [0.05, 0.1) is 5.56 Å². The first-order chi connectivity index (χ1) is 11.2. The van der Waals surface area contributed by atoms with E-state index < -0.39 is 5.82 Å². The van der Waals surface area contributed by atoms with Crippen molar-refractivity contribution in [1.82, 2.24) is 0 Å². The average Bonchev–Trinajstić information content (AvgIpc) is 2.97. The summed E-state index contributed by atoms with van der Waals surface area (Å²) in [6.45, 7) is 1.03. The molecule has 0 fully saturated rings. The lowest BCUT2D eigenvalue weighted by molar-refractivity contribution is 0.241. The second-order valence-electron chi connectivity index (χ2n) is 5.33. The Morgan fingerprint density at radius 1 is 1.22 bits per heavy atom. The van der Waals surface area contributed by atoms with Crippen molar-refractivity contribution >= 4 is 11.6 Å². The zero-order valence-electron chi connectivity index (χ0n) is 12.5. The topological polar surface area (TPSA) is 70.5 Å². The van der Waals surface area contributed by atoms with Gasteiger partial charge in [-0.25, -0.2) is 4.39 Å². The summed E-state index contributed by atoms with van der Waals surface area (Å²) in [5, 5.41) is 0.452. The molecule has 0 spiro atoms. The Labute approximate surface area is 139 Å². The maximum atomic E-state index is 14.6. The molecule has 1 heterocycles. The van der Waals surface area contributed by atoms with Crippen LogP contribution in [-0.2, 0) is 6.42 Å². The first-order valence-corrected chi connectivity index (χ1v) is 7.83. The Kier molecular flexibility index (Phi) is 4.71. The van der Waals surface area contributed by atoms with Gasteiger partial charge in [-0.1, -0.05) is 17.7 Å².